The number of nitrogen functional groups attached to an aromatic ring is 1. The SMILES string of the molecule is CCOc1cc(Nc2ncccc2/C=C/C(=O)Nc2ccc3c(c2N)CN(C2CCC(=O)N(I)C2=O)C3=O)cc(OC)c1OCN. The fraction of sp³-hybridized carbons (Fsp3) is 0.258. The largest absolute Gasteiger partial charge is 0.493 e. The smallest absolute Gasteiger partial charge is 0.260 e. The Bertz CT molecular complexity index is 1730. The van der Waals surface area contributed by atoms with Crippen LogP contribution in [0.5, 0.6) is 17.2 Å². The van der Waals surface area contributed by atoms with Crippen molar-refractivity contribution < 1.29 is 33.4 Å². The van der Waals surface area contributed by atoms with E-state index in [2.05, 4.69) is 15.6 Å². The van der Waals surface area contributed by atoms with Gasteiger partial charge in [0.15, 0.2) is 11.5 Å². The summed E-state index contributed by atoms with van der Waals surface area (Å²) in [5, 5.41) is 5.99. The highest BCUT2D eigenvalue weighted by Crippen LogP contribution is 2.41. The predicted octanol–water partition coefficient (Wildman–Crippen LogP) is 3.59. The summed E-state index contributed by atoms with van der Waals surface area (Å²) in [7, 11) is 1.51. The van der Waals surface area contributed by atoms with Gasteiger partial charge in [-0.05, 0) is 43.7 Å². The molecule has 2 aromatic carbocycles. The molecule has 5 rings (SSSR count). The highest BCUT2D eigenvalue weighted by atomic mass is 127. The molecular formula is C31H32IN7O7. The van der Waals surface area contributed by atoms with Crippen molar-refractivity contribution in [1.82, 2.24) is 13.0 Å². The molecule has 0 radical (unpaired) electrons. The van der Waals surface area contributed by atoms with Gasteiger partial charge in [-0.1, -0.05) is 0 Å². The van der Waals surface area contributed by atoms with Crippen LogP contribution >= 0.6 is 22.9 Å². The summed E-state index contributed by atoms with van der Waals surface area (Å²) in [5.41, 5.74) is 14.6. The van der Waals surface area contributed by atoms with E-state index in [0.29, 0.717) is 57.7 Å². The van der Waals surface area contributed by atoms with Crippen molar-refractivity contribution in [2.75, 3.05) is 36.8 Å². The summed E-state index contributed by atoms with van der Waals surface area (Å²) in [4.78, 5) is 56.6. The topological polar surface area (TPSA) is 191 Å². The Labute approximate surface area is 278 Å². The van der Waals surface area contributed by atoms with E-state index in [0.717, 1.165) is 3.11 Å². The molecule has 1 unspecified atom stereocenters. The van der Waals surface area contributed by atoms with Crippen molar-refractivity contribution in [3.05, 3.63) is 65.4 Å². The van der Waals surface area contributed by atoms with Crippen LogP contribution in [0.4, 0.5) is 22.9 Å². The maximum atomic E-state index is 13.1. The summed E-state index contributed by atoms with van der Waals surface area (Å²) >= 11 is 1.66. The number of aromatic nitrogens is 1. The highest BCUT2D eigenvalue weighted by molar-refractivity contribution is 14.1. The molecule has 6 N–H and O–H groups in total. The number of carbonyl (C=O) groups is 4. The van der Waals surface area contributed by atoms with Crippen LogP contribution in [0, 0.1) is 0 Å². The average Bonchev–Trinajstić information content (AvgIpc) is 3.38. The number of hydrogen-bond donors (Lipinski definition) is 4. The quantitative estimate of drug-likeness (QED) is 0.0561. The van der Waals surface area contributed by atoms with Gasteiger partial charge in [0.1, 0.15) is 18.6 Å². The number of anilines is 4. The molecule has 240 valence electrons. The summed E-state index contributed by atoms with van der Waals surface area (Å²) in [5.74, 6) is 0.148. The van der Waals surface area contributed by atoms with Gasteiger partial charge < -0.3 is 35.5 Å². The number of imide groups is 1. The molecule has 3 heterocycles. The zero-order valence-electron chi connectivity index (χ0n) is 25.0. The van der Waals surface area contributed by atoms with Gasteiger partial charge in [-0.3, -0.25) is 24.9 Å². The van der Waals surface area contributed by atoms with Gasteiger partial charge in [-0.15, -0.1) is 0 Å². The number of halogens is 1. The Hall–Kier alpha value is -4.90. The second kappa shape index (κ2) is 14.0. The zero-order valence-corrected chi connectivity index (χ0v) is 27.2. The molecule has 1 atom stereocenters. The van der Waals surface area contributed by atoms with Crippen molar-refractivity contribution in [1.29, 1.82) is 0 Å². The van der Waals surface area contributed by atoms with Crippen LogP contribution in [-0.2, 0) is 20.9 Å². The number of piperidine rings is 1. The van der Waals surface area contributed by atoms with Crippen molar-refractivity contribution >= 4 is 75.4 Å². The number of amides is 4. The van der Waals surface area contributed by atoms with Crippen LogP contribution < -0.4 is 36.3 Å². The van der Waals surface area contributed by atoms with Gasteiger partial charge in [-0.2, -0.15) is 0 Å². The number of benzene rings is 2. The van der Waals surface area contributed by atoms with E-state index in [9.17, 15) is 19.2 Å². The maximum absolute atomic E-state index is 13.1. The number of methoxy groups -OCH3 is 1. The Kier molecular flexibility index (Phi) is 9.91. The summed E-state index contributed by atoms with van der Waals surface area (Å²) in [6.07, 6.45) is 4.95. The normalized spacial score (nSPS) is 16.1. The molecule has 1 aromatic heterocycles. The first-order valence-corrected chi connectivity index (χ1v) is 15.3. The van der Waals surface area contributed by atoms with Crippen molar-refractivity contribution in [2.24, 2.45) is 5.73 Å². The lowest BCUT2D eigenvalue weighted by atomic mass is 10.0. The van der Waals surface area contributed by atoms with E-state index >= 15 is 0 Å². The van der Waals surface area contributed by atoms with Gasteiger partial charge in [0.25, 0.3) is 11.8 Å². The molecule has 0 bridgehead atoms. The van der Waals surface area contributed by atoms with E-state index in [-0.39, 0.29) is 43.6 Å². The third-order valence-corrected chi connectivity index (χ3v) is 8.44. The molecule has 1 saturated heterocycles. The fourth-order valence-corrected chi connectivity index (χ4v) is 5.80. The molecule has 3 aromatic rings. The third-order valence-electron chi connectivity index (χ3n) is 7.42. The molecule has 0 saturated carbocycles. The number of ether oxygens (including phenoxy) is 3. The van der Waals surface area contributed by atoms with Crippen LogP contribution in [0.15, 0.2) is 48.7 Å². The third kappa shape index (κ3) is 6.55. The van der Waals surface area contributed by atoms with Gasteiger partial charge in [0.05, 0.1) is 48.0 Å². The predicted molar refractivity (Wildman–Crippen MR) is 179 cm³/mol. The first-order valence-electron chi connectivity index (χ1n) is 14.3. The number of hydrogen-bond acceptors (Lipinski definition) is 11. The van der Waals surface area contributed by atoms with Gasteiger partial charge in [0.2, 0.25) is 17.6 Å². The van der Waals surface area contributed by atoms with Crippen LogP contribution in [0.2, 0.25) is 0 Å². The van der Waals surface area contributed by atoms with Crippen LogP contribution in [0.1, 0.15) is 41.3 Å². The maximum Gasteiger partial charge on any atom is 0.260 e. The first-order chi connectivity index (χ1) is 22.2. The Balaban J connectivity index is 1.31. The second-order valence-corrected chi connectivity index (χ2v) is 11.2. The van der Waals surface area contributed by atoms with E-state index in [1.165, 1.54) is 18.1 Å². The first kappa shape index (κ1) is 32.5. The van der Waals surface area contributed by atoms with Crippen molar-refractivity contribution in [2.45, 2.75) is 32.4 Å². The number of carbonyl (C=O) groups excluding carboxylic acids is 4. The Morgan fingerprint density at radius 1 is 1.17 bits per heavy atom. The minimum atomic E-state index is -0.763. The second-order valence-electron chi connectivity index (χ2n) is 10.2. The number of nitrogens with two attached hydrogens (primary N) is 2. The minimum absolute atomic E-state index is 0.0592. The summed E-state index contributed by atoms with van der Waals surface area (Å²) in [6, 6.07) is 9.33. The van der Waals surface area contributed by atoms with Gasteiger partial charge in [0, 0.05) is 59.7 Å². The van der Waals surface area contributed by atoms with Gasteiger partial charge >= 0.3 is 0 Å². The van der Waals surface area contributed by atoms with Crippen molar-refractivity contribution in [3.63, 3.8) is 0 Å². The monoisotopic (exact) mass is 741 g/mol. The lowest BCUT2D eigenvalue weighted by Gasteiger charge is -2.32. The number of rotatable bonds is 11. The average molecular weight is 742 g/mol. The Morgan fingerprint density at radius 3 is 2.70 bits per heavy atom. The number of pyridine rings is 1. The molecule has 0 spiro atoms. The molecule has 0 aliphatic carbocycles. The van der Waals surface area contributed by atoms with Crippen molar-refractivity contribution in [3.8, 4) is 17.2 Å². The standard InChI is InChI=1S/C31H32IN7O7/c1-3-45-24-14-18(13-23(44-2)28(24)46-16-33)36-29-17(5-4-12-35-29)6-10-25(40)37-21-8-7-19-20(27(21)34)15-38(30(19)42)22-9-11-26(41)39(32)31(22)43/h4-8,10,12-14,22H,3,9,11,15-16,33-34H2,1-2H3,(H,35,36)(H,37,40)/b10-6+. The van der Waals surface area contributed by atoms with Crippen LogP contribution in [0.3, 0.4) is 0 Å². The summed E-state index contributed by atoms with van der Waals surface area (Å²) < 4.78 is 17.7. The molecule has 2 aliphatic heterocycles. The number of fused-ring (bicyclic) bond motifs is 1. The fourth-order valence-electron chi connectivity index (χ4n) is 5.24. The van der Waals surface area contributed by atoms with E-state index in [4.69, 9.17) is 25.7 Å². The van der Waals surface area contributed by atoms with E-state index < -0.39 is 17.9 Å². The molecule has 2 aliphatic rings. The number of nitrogens with zero attached hydrogens (tertiary/aromatic N) is 3. The Morgan fingerprint density at radius 2 is 1.96 bits per heavy atom. The molecule has 14 nitrogen and oxygen atoms in total. The minimum Gasteiger partial charge on any atom is -0.493 e. The van der Waals surface area contributed by atoms with Crippen LogP contribution in [-0.4, -0.2) is 63.1 Å². The van der Waals surface area contributed by atoms with Crippen LogP contribution in [0.25, 0.3) is 6.08 Å². The van der Waals surface area contributed by atoms with Gasteiger partial charge in [-0.25, -0.2) is 8.10 Å². The molecule has 1 fully saturated rings. The lowest BCUT2D eigenvalue weighted by Crippen LogP contribution is -2.51. The molecular weight excluding hydrogens is 709 g/mol. The lowest BCUT2D eigenvalue weighted by molar-refractivity contribution is -0.143. The van der Waals surface area contributed by atoms with E-state index in [1.807, 2.05) is 6.92 Å². The summed E-state index contributed by atoms with van der Waals surface area (Å²) in [6.45, 7) is 2.27. The van der Waals surface area contributed by atoms with E-state index in [1.54, 1.807) is 71.5 Å². The molecule has 4 amide bonds. The molecule has 15 heteroatoms. The molecule has 46 heavy (non-hydrogen) atoms. The highest BCUT2D eigenvalue weighted by Gasteiger charge is 2.42. The number of nitrogens with one attached hydrogen (secondary N) is 2. The zero-order chi connectivity index (χ0) is 33.0.